The number of non-ortho nitro benzene ring substituents is 1. The van der Waals surface area contributed by atoms with Crippen LogP contribution in [0.4, 0.5) is 5.69 Å². The number of hydrogen-bond donors (Lipinski definition) is 1. The van der Waals surface area contributed by atoms with Gasteiger partial charge in [0.1, 0.15) is 6.10 Å². The molecule has 1 aromatic carbocycles. The van der Waals surface area contributed by atoms with Gasteiger partial charge in [0, 0.05) is 12.1 Å². The fourth-order valence-corrected chi connectivity index (χ4v) is 4.19. The minimum Gasteiger partial charge on any atom is -0.467 e. The maximum Gasteiger partial charge on any atom is 0.339 e. The number of nitro benzene ring substituents is 1. The van der Waals surface area contributed by atoms with Gasteiger partial charge < -0.3 is 9.84 Å². The molecule has 30 heavy (non-hydrogen) atoms. The quantitative estimate of drug-likeness (QED) is 0.112. The summed E-state index contributed by atoms with van der Waals surface area (Å²) < 4.78 is 34.4. The molecule has 0 unspecified atom stereocenters. The van der Waals surface area contributed by atoms with E-state index in [4.69, 9.17) is 27.4 Å². The Morgan fingerprint density at radius 1 is 1.20 bits per heavy atom. The zero-order valence-corrected chi connectivity index (χ0v) is 18.9. The highest BCUT2D eigenvalue weighted by Gasteiger charge is 2.40. The van der Waals surface area contributed by atoms with Crippen molar-refractivity contribution in [3.8, 4) is 0 Å². The van der Waals surface area contributed by atoms with Gasteiger partial charge in [-0.25, -0.2) is 8.98 Å². The Hall–Kier alpha value is -1.46. The summed E-state index contributed by atoms with van der Waals surface area (Å²) in [6.07, 6.45) is 0.429. The molecular formula is C18H25Cl2NO8S. The lowest BCUT2D eigenvalue weighted by molar-refractivity contribution is -0.384. The average Bonchev–Trinajstić information content (AvgIpc) is 2.73. The molecule has 0 saturated heterocycles. The predicted octanol–water partition coefficient (Wildman–Crippen LogP) is 3.39. The number of nitro groups is 1. The fourth-order valence-electron chi connectivity index (χ4n) is 2.58. The van der Waals surface area contributed by atoms with Crippen molar-refractivity contribution in [1.82, 2.24) is 0 Å². The topological polar surface area (TPSA) is 133 Å². The van der Waals surface area contributed by atoms with Crippen molar-refractivity contribution in [1.29, 1.82) is 0 Å². The number of unbranched alkanes of at least 4 members (excludes halogenated alkanes) is 3. The predicted molar refractivity (Wildman–Crippen MR) is 111 cm³/mol. The van der Waals surface area contributed by atoms with E-state index >= 15 is 0 Å². The van der Waals surface area contributed by atoms with Gasteiger partial charge in [0.05, 0.1) is 27.7 Å². The van der Waals surface area contributed by atoms with E-state index in [1.165, 1.54) is 0 Å². The smallest absolute Gasteiger partial charge is 0.339 e. The van der Waals surface area contributed by atoms with Crippen LogP contribution in [-0.2, 0) is 23.8 Å². The SMILES string of the molecule is CCCCCC[C@H](Cl)[C@H](Cl)[C@H](O)[C@@H](OS(=O)(=O)c1ccc([N+](=O)[O-])cc1)C(=O)OC. The first-order valence-electron chi connectivity index (χ1n) is 9.27. The van der Waals surface area contributed by atoms with Gasteiger partial charge in [-0.15, -0.1) is 23.2 Å². The molecule has 0 spiro atoms. The highest BCUT2D eigenvalue weighted by atomic mass is 35.5. The Balaban J connectivity index is 2.97. The average molecular weight is 486 g/mol. The number of rotatable bonds is 13. The molecule has 0 aliphatic heterocycles. The standard InChI is InChI=1S/C18H25Cl2NO8S/c1-3-4-5-6-7-14(19)15(20)16(22)17(18(23)28-2)29-30(26,27)13-10-8-12(9-11-13)21(24)25/h8-11,14-17,22H,3-7H2,1-2H3/t14-,15-,16-,17+/m0/s1. The molecule has 1 rings (SSSR count). The summed E-state index contributed by atoms with van der Waals surface area (Å²) in [6, 6.07) is 3.83. The summed E-state index contributed by atoms with van der Waals surface area (Å²) in [7, 11) is -3.57. The number of ether oxygens (including phenoxy) is 1. The minimum absolute atomic E-state index is 0.327. The van der Waals surface area contributed by atoms with E-state index in [-0.39, 0.29) is 5.69 Å². The van der Waals surface area contributed by atoms with E-state index in [2.05, 4.69) is 11.7 Å². The number of alkyl halides is 2. The van der Waals surface area contributed by atoms with Crippen LogP contribution in [0.2, 0.25) is 0 Å². The molecule has 0 bridgehead atoms. The second kappa shape index (κ2) is 12.4. The number of esters is 1. The summed E-state index contributed by atoms with van der Waals surface area (Å²) >= 11 is 12.4. The molecule has 0 saturated carbocycles. The summed E-state index contributed by atoms with van der Waals surface area (Å²) in [5.41, 5.74) is -0.327. The number of aliphatic hydroxyl groups excluding tert-OH is 1. The number of hydrogen-bond acceptors (Lipinski definition) is 8. The molecule has 4 atom stereocenters. The lowest BCUT2D eigenvalue weighted by Crippen LogP contribution is -2.46. The zero-order chi connectivity index (χ0) is 22.9. The molecule has 9 nitrogen and oxygen atoms in total. The Morgan fingerprint density at radius 3 is 2.30 bits per heavy atom. The van der Waals surface area contributed by atoms with E-state index in [0.29, 0.717) is 6.42 Å². The van der Waals surface area contributed by atoms with Crippen LogP contribution in [0.25, 0.3) is 0 Å². The Labute approximate surface area is 185 Å². The summed E-state index contributed by atoms with van der Waals surface area (Å²) in [4.78, 5) is 21.6. The molecule has 0 amide bonds. The third-order valence-corrected chi connectivity index (χ3v) is 6.81. The van der Waals surface area contributed by atoms with Gasteiger partial charge in [0.15, 0.2) is 0 Å². The molecule has 0 aromatic heterocycles. The van der Waals surface area contributed by atoms with Crippen molar-refractivity contribution in [3.63, 3.8) is 0 Å². The van der Waals surface area contributed by atoms with Crippen LogP contribution < -0.4 is 0 Å². The summed E-state index contributed by atoms with van der Waals surface area (Å²) in [6.45, 7) is 2.05. The van der Waals surface area contributed by atoms with Gasteiger partial charge in [0.25, 0.3) is 15.8 Å². The largest absolute Gasteiger partial charge is 0.467 e. The normalized spacial score (nSPS) is 15.8. The molecule has 0 fully saturated rings. The van der Waals surface area contributed by atoms with Crippen molar-refractivity contribution < 1.29 is 32.2 Å². The van der Waals surface area contributed by atoms with E-state index in [1.54, 1.807) is 0 Å². The van der Waals surface area contributed by atoms with E-state index in [9.17, 15) is 28.4 Å². The van der Waals surface area contributed by atoms with Gasteiger partial charge in [-0.2, -0.15) is 8.42 Å². The lowest BCUT2D eigenvalue weighted by Gasteiger charge is -2.26. The number of benzene rings is 1. The molecule has 1 N–H and O–H groups in total. The fraction of sp³-hybridized carbons (Fsp3) is 0.611. The van der Waals surface area contributed by atoms with Gasteiger partial charge in [-0.1, -0.05) is 32.6 Å². The molecule has 12 heteroatoms. The first-order valence-corrected chi connectivity index (χ1v) is 11.5. The van der Waals surface area contributed by atoms with Crippen molar-refractivity contribution in [2.75, 3.05) is 7.11 Å². The van der Waals surface area contributed by atoms with Crippen LogP contribution in [0.1, 0.15) is 39.0 Å². The third-order valence-electron chi connectivity index (χ3n) is 4.32. The first kappa shape index (κ1) is 26.6. The van der Waals surface area contributed by atoms with Crippen LogP contribution >= 0.6 is 23.2 Å². The second-order valence-corrected chi connectivity index (χ2v) is 9.18. The van der Waals surface area contributed by atoms with Crippen molar-refractivity contribution in [2.45, 2.75) is 66.9 Å². The maximum absolute atomic E-state index is 12.5. The van der Waals surface area contributed by atoms with Crippen LogP contribution in [0.5, 0.6) is 0 Å². The van der Waals surface area contributed by atoms with E-state index < -0.39 is 48.9 Å². The maximum atomic E-state index is 12.5. The zero-order valence-electron chi connectivity index (χ0n) is 16.6. The van der Waals surface area contributed by atoms with Crippen LogP contribution in [0.3, 0.4) is 0 Å². The number of methoxy groups -OCH3 is 1. The third kappa shape index (κ3) is 7.66. The van der Waals surface area contributed by atoms with Crippen molar-refractivity contribution >= 4 is 45.0 Å². The Morgan fingerprint density at radius 2 is 1.80 bits per heavy atom. The van der Waals surface area contributed by atoms with Gasteiger partial charge in [0.2, 0.25) is 6.10 Å². The van der Waals surface area contributed by atoms with Crippen LogP contribution in [-0.4, -0.2) is 54.5 Å². The number of carbonyl (C=O) groups excluding carboxylic acids is 1. The molecular weight excluding hydrogens is 461 g/mol. The van der Waals surface area contributed by atoms with Crippen LogP contribution in [0.15, 0.2) is 29.2 Å². The van der Waals surface area contributed by atoms with Crippen LogP contribution in [0, 0.1) is 10.1 Å². The monoisotopic (exact) mass is 485 g/mol. The van der Waals surface area contributed by atoms with Crippen molar-refractivity contribution in [3.05, 3.63) is 34.4 Å². The highest BCUT2D eigenvalue weighted by molar-refractivity contribution is 7.86. The molecule has 0 heterocycles. The summed E-state index contributed by atoms with van der Waals surface area (Å²) in [5.74, 6) is -1.16. The van der Waals surface area contributed by atoms with E-state index in [0.717, 1.165) is 57.1 Å². The minimum atomic E-state index is -4.57. The Kier molecular flexibility index (Phi) is 11.0. The molecule has 170 valence electrons. The van der Waals surface area contributed by atoms with Gasteiger partial charge >= 0.3 is 5.97 Å². The number of halogens is 2. The molecule has 0 aliphatic carbocycles. The molecule has 1 aromatic rings. The lowest BCUT2D eigenvalue weighted by atomic mass is 10.0. The second-order valence-electron chi connectivity index (χ2n) is 6.55. The molecule has 0 radical (unpaired) electrons. The molecule has 0 aliphatic rings. The van der Waals surface area contributed by atoms with Crippen molar-refractivity contribution in [2.24, 2.45) is 0 Å². The first-order chi connectivity index (χ1) is 14.0. The number of aliphatic hydroxyl groups is 1. The Bertz CT molecular complexity index is 803. The highest BCUT2D eigenvalue weighted by Crippen LogP contribution is 2.26. The number of carbonyl (C=O) groups is 1. The van der Waals surface area contributed by atoms with Gasteiger partial charge in [-0.05, 0) is 18.6 Å². The van der Waals surface area contributed by atoms with Gasteiger partial charge in [-0.3, -0.25) is 10.1 Å². The van der Waals surface area contributed by atoms with E-state index in [1.807, 2.05) is 0 Å². The number of nitrogens with zero attached hydrogens (tertiary/aromatic N) is 1. The summed E-state index contributed by atoms with van der Waals surface area (Å²) in [5, 5.41) is 19.3.